The standard InChI is InChI=1S/C10H16N4O3/c1-6(2)14-7(15)4-11-9-8(17-3)10(16)13-5-12-9/h5-6H,4H2,1-3H3,(H,14,15)(H2,11,12,13,16). The highest BCUT2D eigenvalue weighted by Crippen LogP contribution is 2.13. The van der Waals surface area contributed by atoms with Crippen LogP contribution >= 0.6 is 0 Å². The van der Waals surface area contributed by atoms with Crippen LogP contribution in [-0.4, -0.2) is 35.6 Å². The number of hydrogen-bond acceptors (Lipinski definition) is 5. The molecule has 0 saturated heterocycles. The van der Waals surface area contributed by atoms with E-state index in [1.165, 1.54) is 13.4 Å². The number of rotatable bonds is 5. The fourth-order valence-corrected chi connectivity index (χ4v) is 1.24. The molecule has 0 bridgehead atoms. The maximum Gasteiger partial charge on any atom is 0.295 e. The average molecular weight is 240 g/mol. The van der Waals surface area contributed by atoms with E-state index in [0.717, 1.165) is 0 Å². The molecule has 7 heteroatoms. The molecule has 7 nitrogen and oxygen atoms in total. The van der Waals surface area contributed by atoms with Crippen molar-refractivity contribution in [1.82, 2.24) is 15.3 Å². The molecule has 0 aliphatic carbocycles. The van der Waals surface area contributed by atoms with Crippen molar-refractivity contribution in [2.24, 2.45) is 0 Å². The molecule has 94 valence electrons. The van der Waals surface area contributed by atoms with Gasteiger partial charge in [0.25, 0.3) is 5.56 Å². The maximum atomic E-state index is 11.4. The molecule has 0 unspecified atom stereocenters. The number of amides is 1. The van der Waals surface area contributed by atoms with Gasteiger partial charge in [-0.15, -0.1) is 0 Å². The van der Waals surface area contributed by atoms with Crippen molar-refractivity contribution in [3.63, 3.8) is 0 Å². The van der Waals surface area contributed by atoms with Gasteiger partial charge in [0.05, 0.1) is 20.0 Å². The van der Waals surface area contributed by atoms with Gasteiger partial charge in [-0.1, -0.05) is 0 Å². The van der Waals surface area contributed by atoms with Gasteiger partial charge >= 0.3 is 0 Å². The number of ether oxygens (including phenoxy) is 1. The molecule has 1 rings (SSSR count). The quantitative estimate of drug-likeness (QED) is 0.657. The zero-order chi connectivity index (χ0) is 12.8. The van der Waals surface area contributed by atoms with Gasteiger partial charge < -0.3 is 20.4 Å². The normalized spacial score (nSPS) is 10.1. The third-order valence-corrected chi connectivity index (χ3v) is 1.88. The van der Waals surface area contributed by atoms with E-state index in [0.29, 0.717) is 0 Å². The van der Waals surface area contributed by atoms with Crippen LogP contribution in [0.3, 0.4) is 0 Å². The lowest BCUT2D eigenvalue weighted by atomic mass is 10.4. The van der Waals surface area contributed by atoms with Crippen LogP contribution in [0, 0.1) is 0 Å². The molecule has 0 atom stereocenters. The van der Waals surface area contributed by atoms with Crippen LogP contribution in [0.2, 0.25) is 0 Å². The summed E-state index contributed by atoms with van der Waals surface area (Å²) in [7, 11) is 1.37. The molecular weight excluding hydrogens is 224 g/mol. The molecule has 0 saturated carbocycles. The van der Waals surface area contributed by atoms with E-state index in [1.54, 1.807) is 0 Å². The summed E-state index contributed by atoms with van der Waals surface area (Å²) in [5.41, 5.74) is -0.394. The molecule has 0 aliphatic rings. The predicted octanol–water partition coefficient (Wildman–Crippen LogP) is -0.285. The molecule has 0 spiro atoms. The monoisotopic (exact) mass is 240 g/mol. The summed E-state index contributed by atoms with van der Waals surface area (Å²) in [6.07, 6.45) is 1.24. The number of carbonyl (C=O) groups is 1. The highest BCUT2D eigenvalue weighted by Gasteiger charge is 2.10. The Morgan fingerprint density at radius 1 is 1.59 bits per heavy atom. The number of nitrogens with one attached hydrogen (secondary N) is 3. The van der Waals surface area contributed by atoms with Crippen LogP contribution in [0.1, 0.15) is 13.8 Å². The number of anilines is 1. The van der Waals surface area contributed by atoms with E-state index >= 15 is 0 Å². The Morgan fingerprint density at radius 2 is 2.29 bits per heavy atom. The summed E-state index contributed by atoms with van der Waals surface area (Å²) >= 11 is 0. The van der Waals surface area contributed by atoms with Crippen molar-refractivity contribution in [3.05, 3.63) is 16.7 Å². The number of carbonyl (C=O) groups excluding carboxylic acids is 1. The van der Waals surface area contributed by atoms with Crippen LogP contribution in [-0.2, 0) is 4.79 Å². The lowest BCUT2D eigenvalue weighted by molar-refractivity contribution is -0.119. The van der Waals surface area contributed by atoms with Gasteiger partial charge in [-0.3, -0.25) is 9.59 Å². The summed E-state index contributed by atoms with van der Waals surface area (Å²) in [6.45, 7) is 3.76. The van der Waals surface area contributed by atoms with E-state index in [2.05, 4.69) is 20.6 Å². The minimum absolute atomic E-state index is 0.0327. The number of hydrogen-bond donors (Lipinski definition) is 3. The fourth-order valence-electron chi connectivity index (χ4n) is 1.24. The third kappa shape index (κ3) is 3.78. The van der Waals surface area contributed by atoms with Gasteiger partial charge in [0.15, 0.2) is 5.82 Å². The number of H-pyrrole nitrogens is 1. The second-order valence-corrected chi connectivity index (χ2v) is 3.69. The van der Waals surface area contributed by atoms with Gasteiger partial charge in [0, 0.05) is 6.04 Å². The lowest BCUT2D eigenvalue weighted by Gasteiger charge is -2.10. The number of aromatic nitrogens is 2. The first-order valence-electron chi connectivity index (χ1n) is 5.19. The zero-order valence-corrected chi connectivity index (χ0v) is 10.0. The minimum atomic E-state index is -0.394. The van der Waals surface area contributed by atoms with Crippen LogP contribution in [0.5, 0.6) is 5.75 Å². The van der Waals surface area contributed by atoms with Gasteiger partial charge in [-0.05, 0) is 13.8 Å². The lowest BCUT2D eigenvalue weighted by Crippen LogP contribution is -2.35. The smallest absolute Gasteiger partial charge is 0.295 e. The summed E-state index contributed by atoms with van der Waals surface area (Å²) in [4.78, 5) is 29.0. The fraction of sp³-hybridized carbons (Fsp3) is 0.500. The molecule has 1 aromatic rings. The summed E-state index contributed by atoms with van der Waals surface area (Å²) in [5.74, 6) is 0.129. The van der Waals surface area contributed by atoms with E-state index in [4.69, 9.17) is 4.74 Å². The topological polar surface area (TPSA) is 96.1 Å². The molecule has 0 radical (unpaired) electrons. The number of methoxy groups -OCH3 is 1. The van der Waals surface area contributed by atoms with Crippen molar-refractivity contribution < 1.29 is 9.53 Å². The van der Waals surface area contributed by atoms with Crippen LogP contribution in [0.15, 0.2) is 11.1 Å². The Kier molecular flexibility index (Phi) is 4.50. The van der Waals surface area contributed by atoms with E-state index < -0.39 is 5.56 Å². The van der Waals surface area contributed by atoms with Crippen LogP contribution in [0.25, 0.3) is 0 Å². The third-order valence-electron chi connectivity index (χ3n) is 1.88. The Labute approximate surface area is 98.6 Å². The van der Waals surface area contributed by atoms with Crippen LogP contribution < -0.4 is 20.9 Å². The van der Waals surface area contributed by atoms with Gasteiger partial charge in [-0.25, -0.2) is 4.98 Å². The molecule has 1 heterocycles. The molecular formula is C10H16N4O3. The largest absolute Gasteiger partial charge is 0.489 e. The highest BCUT2D eigenvalue weighted by molar-refractivity contribution is 5.80. The Bertz CT molecular complexity index is 441. The Morgan fingerprint density at radius 3 is 2.88 bits per heavy atom. The molecule has 0 aromatic carbocycles. The first-order chi connectivity index (χ1) is 8.04. The van der Waals surface area contributed by atoms with Crippen molar-refractivity contribution in [2.75, 3.05) is 19.0 Å². The first-order valence-corrected chi connectivity index (χ1v) is 5.19. The highest BCUT2D eigenvalue weighted by atomic mass is 16.5. The average Bonchev–Trinajstić information content (AvgIpc) is 2.25. The van der Waals surface area contributed by atoms with Gasteiger partial charge in [-0.2, -0.15) is 0 Å². The molecule has 17 heavy (non-hydrogen) atoms. The van der Waals surface area contributed by atoms with Crippen LogP contribution in [0.4, 0.5) is 5.82 Å². The number of nitrogens with zero attached hydrogens (tertiary/aromatic N) is 1. The van der Waals surface area contributed by atoms with Crippen molar-refractivity contribution >= 4 is 11.7 Å². The first kappa shape index (κ1) is 13.0. The minimum Gasteiger partial charge on any atom is -0.489 e. The van der Waals surface area contributed by atoms with E-state index in [-0.39, 0.29) is 30.1 Å². The second-order valence-electron chi connectivity index (χ2n) is 3.69. The molecule has 0 fully saturated rings. The van der Waals surface area contributed by atoms with Gasteiger partial charge in [0.2, 0.25) is 11.7 Å². The van der Waals surface area contributed by atoms with E-state index in [1.807, 2.05) is 13.8 Å². The zero-order valence-electron chi connectivity index (χ0n) is 10.0. The molecule has 3 N–H and O–H groups in total. The second kappa shape index (κ2) is 5.88. The van der Waals surface area contributed by atoms with Gasteiger partial charge in [0.1, 0.15) is 0 Å². The number of aromatic amines is 1. The molecule has 0 aliphatic heterocycles. The summed E-state index contributed by atoms with van der Waals surface area (Å²) in [6, 6.07) is 0.0679. The summed E-state index contributed by atoms with van der Waals surface area (Å²) in [5, 5.41) is 5.45. The molecule has 1 amide bonds. The Hall–Kier alpha value is -2.05. The maximum absolute atomic E-state index is 11.4. The van der Waals surface area contributed by atoms with E-state index in [9.17, 15) is 9.59 Å². The Balaban J connectivity index is 2.66. The van der Waals surface area contributed by atoms with Crippen molar-refractivity contribution in [1.29, 1.82) is 0 Å². The van der Waals surface area contributed by atoms with Crippen molar-refractivity contribution in [2.45, 2.75) is 19.9 Å². The SMILES string of the molecule is COc1c(NCC(=O)NC(C)C)nc[nH]c1=O. The van der Waals surface area contributed by atoms with Crippen molar-refractivity contribution in [3.8, 4) is 5.75 Å². The molecule has 1 aromatic heterocycles. The summed E-state index contributed by atoms with van der Waals surface area (Å²) < 4.78 is 4.89. The predicted molar refractivity (Wildman–Crippen MR) is 63.2 cm³/mol.